The number of nitrogens with zero attached hydrogens (tertiary/aromatic N) is 3. The van der Waals surface area contributed by atoms with Crippen molar-refractivity contribution in [3.8, 4) is 0 Å². The fraction of sp³-hybridized carbons (Fsp3) is 0.812. The molecule has 1 aliphatic heterocycles. The summed E-state index contributed by atoms with van der Waals surface area (Å²) in [5.74, 6) is 0. The quantitative estimate of drug-likeness (QED) is 0.833. The van der Waals surface area contributed by atoms with E-state index < -0.39 is 0 Å². The Hall–Kier alpha value is -0.620. The van der Waals surface area contributed by atoms with Crippen LogP contribution in [0, 0.1) is 5.41 Å². The van der Waals surface area contributed by atoms with Crippen LogP contribution in [0.15, 0.2) is 0 Å². The molecule has 0 aliphatic carbocycles. The van der Waals surface area contributed by atoms with Crippen LogP contribution in [0.4, 0.5) is 0 Å². The molecule has 1 aromatic heterocycles. The van der Waals surface area contributed by atoms with Crippen LogP contribution in [0.5, 0.6) is 0 Å². The highest BCUT2D eigenvalue weighted by molar-refractivity contribution is 6.30. The first-order valence-electron chi connectivity index (χ1n) is 8.07. The van der Waals surface area contributed by atoms with Crippen LogP contribution in [-0.4, -0.2) is 53.2 Å². The van der Waals surface area contributed by atoms with Crippen LogP contribution >= 0.6 is 11.6 Å². The van der Waals surface area contributed by atoms with Gasteiger partial charge in [-0.05, 0) is 32.2 Å². The topological polar surface area (TPSA) is 50.5 Å². The Labute approximate surface area is 138 Å². The zero-order valence-electron chi connectivity index (χ0n) is 13.9. The number of rotatable bonds is 7. The van der Waals surface area contributed by atoms with Crippen LogP contribution in [0.3, 0.4) is 0 Å². The highest BCUT2D eigenvalue weighted by atomic mass is 35.5. The van der Waals surface area contributed by atoms with E-state index in [1.807, 2.05) is 7.05 Å². The molecule has 22 heavy (non-hydrogen) atoms. The lowest BCUT2D eigenvalue weighted by molar-refractivity contribution is 0.00469. The van der Waals surface area contributed by atoms with Crippen molar-refractivity contribution >= 4 is 11.6 Å². The summed E-state index contributed by atoms with van der Waals surface area (Å²) in [5.41, 5.74) is 2.16. The Morgan fingerprint density at radius 3 is 2.86 bits per heavy atom. The number of piperidine rings is 1. The molecule has 0 radical (unpaired) electrons. The predicted octanol–water partition coefficient (Wildman–Crippen LogP) is 2.25. The average Bonchev–Trinajstić information content (AvgIpc) is 2.81. The third-order valence-corrected chi connectivity index (χ3v) is 5.25. The maximum Gasteiger partial charge on any atom is 0.131 e. The van der Waals surface area contributed by atoms with E-state index in [0.29, 0.717) is 6.61 Å². The van der Waals surface area contributed by atoms with E-state index in [2.05, 4.69) is 16.9 Å². The van der Waals surface area contributed by atoms with Crippen LogP contribution in [0.1, 0.15) is 37.4 Å². The molecule has 2 rings (SSSR count). The van der Waals surface area contributed by atoms with E-state index in [9.17, 15) is 5.11 Å². The first-order chi connectivity index (χ1) is 10.5. The van der Waals surface area contributed by atoms with Crippen LogP contribution < -0.4 is 0 Å². The van der Waals surface area contributed by atoms with Gasteiger partial charge in [-0.25, -0.2) is 0 Å². The minimum atomic E-state index is -0.0463. The maximum absolute atomic E-state index is 9.89. The largest absolute Gasteiger partial charge is 0.396 e. The van der Waals surface area contributed by atoms with Gasteiger partial charge in [-0.2, -0.15) is 5.10 Å². The van der Waals surface area contributed by atoms with E-state index in [1.54, 1.807) is 11.8 Å². The molecule has 0 bridgehead atoms. The molecule has 2 heterocycles. The van der Waals surface area contributed by atoms with Crippen molar-refractivity contribution in [2.24, 2.45) is 12.5 Å². The van der Waals surface area contributed by atoms with Crippen molar-refractivity contribution in [3.63, 3.8) is 0 Å². The molecule has 0 aromatic carbocycles. The SMILES string of the molecule is CCc1nn(C)c(Cl)c1CN1CCC[C@@](CO)(CCOC)C1. The zero-order chi connectivity index (χ0) is 16.2. The number of aromatic nitrogens is 2. The molecule has 1 aliphatic rings. The number of likely N-dealkylation sites (tertiary alicyclic amines) is 1. The first-order valence-corrected chi connectivity index (χ1v) is 8.45. The molecule has 126 valence electrons. The minimum Gasteiger partial charge on any atom is -0.396 e. The molecule has 1 saturated heterocycles. The second kappa shape index (κ2) is 7.77. The second-order valence-electron chi connectivity index (χ2n) is 6.41. The van der Waals surface area contributed by atoms with Gasteiger partial charge in [-0.3, -0.25) is 9.58 Å². The number of hydrogen-bond acceptors (Lipinski definition) is 4. The summed E-state index contributed by atoms with van der Waals surface area (Å²) < 4.78 is 6.97. The molecule has 0 saturated carbocycles. The number of halogens is 1. The Balaban J connectivity index is 2.10. The van der Waals surface area contributed by atoms with Gasteiger partial charge in [0, 0.05) is 44.8 Å². The van der Waals surface area contributed by atoms with Gasteiger partial charge in [-0.15, -0.1) is 0 Å². The minimum absolute atomic E-state index is 0.0463. The van der Waals surface area contributed by atoms with Crippen LogP contribution in [-0.2, 0) is 24.8 Å². The summed E-state index contributed by atoms with van der Waals surface area (Å²) in [4.78, 5) is 2.40. The smallest absolute Gasteiger partial charge is 0.131 e. The molecule has 5 nitrogen and oxygen atoms in total. The summed E-state index contributed by atoms with van der Waals surface area (Å²) in [6, 6.07) is 0. The van der Waals surface area contributed by atoms with Gasteiger partial charge >= 0.3 is 0 Å². The van der Waals surface area contributed by atoms with Crippen molar-refractivity contribution < 1.29 is 9.84 Å². The number of ether oxygens (including phenoxy) is 1. The molecule has 1 fully saturated rings. The summed E-state index contributed by atoms with van der Waals surface area (Å²) in [5, 5.41) is 15.1. The summed E-state index contributed by atoms with van der Waals surface area (Å²) >= 11 is 6.40. The Bertz CT molecular complexity index is 492. The molecule has 0 spiro atoms. The van der Waals surface area contributed by atoms with Crippen molar-refractivity contribution in [3.05, 3.63) is 16.4 Å². The third kappa shape index (κ3) is 3.82. The highest BCUT2D eigenvalue weighted by Gasteiger charge is 2.35. The van der Waals surface area contributed by atoms with Crippen LogP contribution in [0.2, 0.25) is 5.15 Å². The van der Waals surface area contributed by atoms with Gasteiger partial charge in [0.15, 0.2) is 0 Å². The highest BCUT2D eigenvalue weighted by Crippen LogP contribution is 2.34. The molecular weight excluding hydrogens is 302 g/mol. The lowest BCUT2D eigenvalue weighted by atomic mass is 9.78. The van der Waals surface area contributed by atoms with Gasteiger partial charge in [0.25, 0.3) is 0 Å². The van der Waals surface area contributed by atoms with Gasteiger partial charge in [-0.1, -0.05) is 18.5 Å². The molecule has 1 N–H and O–H groups in total. The van der Waals surface area contributed by atoms with Gasteiger partial charge in [0.05, 0.1) is 12.3 Å². The summed E-state index contributed by atoms with van der Waals surface area (Å²) in [6.07, 6.45) is 3.95. The van der Waals surface area contributed by atoms with Crippen molar-refractivity contribution in [1.29, 1.82) is 0 Å². The lowest BCUT2D eigenvalue weighted by Gasteiger charge is -2.42. The number of hydrogen-bond donors (Lipinski definition) is 1. The Kier molecular flexibility index (Phi) is 6.26. The first kappa shape index (κ1) is 17.7. The lowest BCUT2D eigenvalue weighted by Crippen LogP contribution is -2.45. The number of aliphatic hydroxyl groups excluding tert-OH is 1. The number of methoxy groups -OCH3 is 1. The number of aryl methyl sites for hydroxylation is 2. The molecule has 0 amide bonds. The molecule has 1 atom stereocenters. The Morgan fingerprint density at radius 2 is 2.23 bits per heavy atom. The summed E-state index contributed by atoms with van der Waals surface area (Å²) in [6.45, 7) is 5.76. The van der Waals surface area contributed by atoms with Crippen molar-refractivity contribution in [2.45, 2.75) is 39.2 Å². The molecule has 1 aromatic rings. The van der Waals surface area contributed by atoms with Crippen LogP contribution in [0.25, 0.3) is 0 Å². The van der Waals surface area contributed by atoms with Gasteiger partial charge in [0.1, 0.15) is 5.15 Å². The van der Waals surface area contributed by atoms with E-state index in [1.165, 1.54) is 0 Å². The van der Waals surface area contributed by atoms with E-state index in [0.717, 1.165) is 61.7 Å². The molecule has 6 heteroatoms. The van der Waals surface area contributed by atoms with Gasteiger partial charge in [0.2, 0.25) is 0 Å². The fourth-order valence-corrected chi connectivity index (χ4v) is 3.65. The number of aliphatic hydroxyl groups is 1. The van der Waals surface area contributed by atoms with E-state index in [-0.39, 0.29) is 12.0 Å². The zero-order valence-corrected chi connectivity index (χ0v) is 14.7. The fourth-order valence-electron chi connectivity index (χ4n) is 3.44. The average molecular weight is 330 g/mol. The van der Waals surface area contributed by atoms with Crippen molar-refractivity contribution in [1.82, 2.24) is 14.7 Å². The monoisotopic (exact) mass is 329 g/mol. The van der Waals surface area contributed by atoms with Gasteiger partial charge < -0.3 is 9.84 Å². The van der Waals surface area contributed by atoms with E-state index in [4.69, 9.17) is 16.3 Å². The normalized spacial score (nSPS) is 23.1. The third-order valence-electron chi connectivity index (χ3n) is 4.78. The molecule has 0 unspecified atom stereocenters. The van der Waals surface area contributed by atoms with E-state index >= 15 is 0 Å². The van der Waals surface area contributed by atoms with Crippen molar-refractivity contribution in [2.75, 3.05) is 33.4 Å². The standard InChI is InChI=1S/C16H28ClN3O2/c1-4-14-13(15(17)19(2)18-14)10-20-8-5-6-16(11-20,12-21)7-9-22-3/h21H,4-12H2,1-3H3/t16-/m1/s1. The predicted molar refractivity (Wildman–Crippen MR) is 88.1 cm³/mol. The maximum atomic E-state index is 9.89. The summed E-state index contributed by atoms with van der Waals surface area (Å²) in [7, 11) is 3.60. The molecular formula is C16H28ClN3O2. The second-order valence-corrected chi connectivity index (χ2v) is 6.77. The Morgan fingerprint density at radius 1 is 1.45 bits per heavy atom.